The van der Waals surface area contributed by atoms with Crippen LogP contribution in [0.3, 0.4) is 0 Å². The Labute approximate surface area is 246 Å². The SMILES string of the molecule is C=CC(=O)Nc1cc(Nc2nccc(-n3c(=O)n4c5c(cc(Br)cc53)CCC4)n2)c(OC)cc1N(C)CCN(C)C. The van der Waals surface area contributed by atoms with Crippen molar-refractivity contribution in [2.75, 3.05) is 56.9 Å². The molecular weight excluding hydrogens is 588 g/mol. The number of benzene rings is 2. The maximum absolute atomic E-state index is 13.5. The maximum Gasteiger partial charge on any atom is 0.334 e. The van der Waals surface area contributed by atoms with E-state index in [1.807, 2.05) is 42.7 Å². The molecule has 11 nitrogen and oxygen atoms in total. The number of aromatic nitrogens is 4. The second-order valence-electron chi connectivity index (χ2n) is 10.2. The monoisotopic (exact) mass is 620 g/mol. The minimum Gasteiger partial charge on any atom is -0.494 e. The Balaban J connectivity index is 1.55. The van der Waals surface area contributed by atoms with Gasteiger partial charge in [0.15, 0.2) is 0 Å². The molecule has 2 aromatic heterocycles. The van der Waals surface area contributed by atoms with Gasteiger partial charge in [0.05, 0.1) is 35.2 Å². The molecule has 4 aromatic rings. The third-order valence-electron chi connectivity index (χ3n) is 7.07. The number of hydrogen-bond acceptors (Lipinski definition) is 8. The summed E-state index contributed by atoms with van der Waals surface area (Å²) in [6.07, 6.45) is 4.66. The lowest BCUT2D eigenvalue weighted by atomic mass is 10.0. The van der Waals surface area contributed by atoms with Crippen LogP contribution in [0.4, 0.5) is 23.0 Å². The molecule has 0 saturated heterocycles. The van der Waals surface area contributed by atoms with E-state index in [0.29, 0.717) is 29.5 Å². The van der Waals surface area contributed by atoms with E-state index >= 15 is 0 Å². The number of carbonyl (C=O) groups excluding carboxylic acids is 1. The molecule has 1 amide bonds. The van der Waals surface area contributed by atoms with Crippen LogP contribution >= 0.6 is 15.9 Å². The van der Waals surface area contributed by atoms with Gasteiger partial charge in [-0.25, -0.2) is 14.3 Å². The van der Waals surface area contributed by atoms with Gasteiger partial charge >= 0.3 is 5.69 Å². The van der Waals surface area contributed by atoms with Crippen LogP contribution in [0.5, 0.6) is 5.75 Å². The second kappa shape index (κ2) is 11.8. The molecule has 0 radical (unpaired) electrons. The first-order valence-electron chi connectivity index (χ1n) is 13.3. The van der Waals surface area contributed by atoms with E-state index in [1.165, 1.54) is 6.08 Å². The number of rotatable bonds is 10. The number of aryl methyl sites for hydroxylation is 2. The zero-order valence-corrected chi connectivity index (χ0v) is 25.2. The van der Waals surface area contributed by atoms with Gasteiger partial charge in [-0.05, 0) is 56.8 Å². The summed E-state index contributed by atoms with van der Waals surface area (Å²) in [7, 11) is 7.55. The summed E-state index contributed by atoms with van der Waals surface area (Å²) >= 11 is 3.60. The number of nitrogens with zero attached hydrogens (tertiary/aromatic N) is 6. The lowest BCUT2D eigenvalue weighted by molar-refractivity contribution is -0.111. The van der Waals surface area contributed by atoms with Crippen molar-refractivity contribution in [2.24, 2.45) is 0 Å². The summed E-state index contributed by atoms with van der Waals surface area (Å²) in [5, 5.41) is 6.12. The van der Waals surface area contributed by atoms with E-state index in [0.717, 1.165) is 52.7 Å². The molecule has 0 spiro atoms. The Morgan fingerprint density at radius 1 is 1.20 bits per heavy atom. The fourth-order valence-electron chi connectivity index (χ4n) is 5.05. The highest BCUT2D eigenvalue weighted by molar-refractivity contribution is 9.10. The van der Waals surface area contributed by atoms with Crippen LogP contribution in [0.1, 0.15) is 12.0 Å². The first kappa shape index (κ1) is 28.4. The average molecular weight is 622 g/mol. The fraction of sp³-hybridized carbons (Fsp3) is 0.310. The van der Waals surface area contributed by atoms with Crippen LogP contribution in [0, 0.1) is 0 Å². The predicted octanol–water partition coefficient (Wildman–Crippen LogP) is 4.17. The summed E-state index contributed by atoms with van der Waals surface area (Å²) in [4.78, 5) is 39.0. The highest BCUT2D eigenvalue weighted by Crippen LogP contribution is 2.38. The third-order valence-corrected chi connectivity index (χ3v) is 7.52. The Hall–Kier alpha value is -4.16. The van der Waals surface area contributed by atoms with E-state index in [4.69, 9.17) is 9.72 Å². The van der Waals surface area contributed by atoms with Gasteiger partial charge in [0.25, 0.3) is 0 Å². The van der Waals surface area contributed by atoms with E-state index in [1.54, 1.807) is 30.0 Å². The number of hydrogen-bond donors (Lipinski definition) is 2. The lowest BCUT2D eigenvalue weighted by Gasteiger charge is -2.26. The quantitative estimate of drug-likeness (QED) is 0.254. The zero-order chi connectivity index (χ0) is 29.3. The number of methoxy groups -OCH3 is 1. The minimum absolute atomic E-state index is 0.138. The molecule has 1 aliphatic rings. The topological polar surface area (TPSA) is 110 Å². The van der Waals surface area contributed by atoms with Crippen LogP contribution < -0.4 is 26.0 Å². The molecule has 41 heavy (non-hydrogen) atoms. The third kappa shape index (κ3) is 5.70. The number of nitrogens with one attached hydrogen (secondary N) is 2. The summed E-state index contributed by atoms with van der Waals surface area (Å²) in [5.74, 6) is 0.922. The van der Waals surface area contributed by atoms with Crippen molar-refractivity contribution in [3.63, 3.8) is 0 Å². The van der Waals surface area contributed by atoms with Crippen LogP contribution in [-0.2, 0) is 17.8 Å². The van der Waals surface area contributed by atoms with Gasteiger partial charge in [0.2, 0.25) is 11.9 Å². The van der Waals surface area contributed by atoms with Crippen molar-refractivity contribution in [3.8, 4) is 11.6 Å². The van der Waals surface area contributed by atoms with Crippen LogP contribution in [0.15, 0.2) is 58.5 Å². The van der Waals surface area contributed by atoms with Gasteiger partial charge in [-0.3, -0.25) is 9.36 Å². The number of imidazole rings is 1. The molecule has 0 aliphatic carbocycles. The Morgan fingerprint density at radius 2 is 2.00 bits per heavy atom. The standard InChI is InChI=1S/C29H33BrN8O3/c1-6-26(39)32-20-16-21(24(41-5)17-22(20)36(4)13-12-35(2)3)33-28-31-10-9-25(34-28)38-23-15-19(30)14-18-8-7-11-37(27(18)23)29(38)40/h6,9-10,14-17H,1,7-8,11-13H2,2-5H3,(H,32,39)(H,31,33,34). The Morgan fingerprint density at radius 3 is 2.73 bits per heavy atom. The van der Waals surface area contributed by atoms with Gasteiger partial charge in [0, 0.05) is 49.5 Å². The number of anilines is 4. The highest BCUT2D eigenvalue weighted by Gasteiger charge is 2.22. The van der Waals surface area contributed by atoms with Crippen LogP contribution in [-0.4, -0.2) is 71.3 Å². The molecular formula is C29H33BrN8O3. The molecule has 1 aliphatic heterocycles. The van der Waals surface area contributed by atoms with Gasteiger partial charge in [0.1, 0.15) is 11.6 Å². The highest BCUT2D eigenvalue weighted by atomic mass is 79.9. The second-order valence-corrected chi connectivity index (χ2v) is 11.1. The predicted molar refractivity (Wildman–Crippen MR) is 166 cm³/mol. The molecule has 2 N–H and O–H groups in total. The van der Waals surface area contributed by atoms with Crippen molar-refractivity contribution in [2.45, 2.75) is 19.4 Å². The van der Waals surface area contributed by atoms with Crippen molar-refractivity contribution in [1.82, 2.24) is 24.0 Å². The molecule has 214 valence electrons. The van der Waals surface area contributed by atoms with E-state index in [9.17, 15) is 9.59 Å². The number of halogens is 1. The van der Waals surface area contributed by atoms with Gasteiger partial charge < -0.3 is 25.2 Å². The van der Waals surface area contributed by atoms with Crippen molar-refractivity contribution in [1.29, 1.82) is 0 Å². The summed E-state index contributed by atoms with van der Waals surface area (Å²) in [6.45, 7) is 5.79. The molecule has 0 fully saturated rings. The fourth-order valence-corrected chi connectivity index (χ4v) is 5.54. The van der Waals surface area contributed by atoms with E-state index in [-0.39, 0.29) is 17.5 Å². The summed E-state index contributed by atoms with van der Waals surface area (Å²) in [5.41, 5.74) is 4.64. The first-order valence-corrected chi connectivity index (χ1v) is 14.0. The molecule has 12 heteroatoms. The van der Waals surface area contributed by atoms with Gasteiger partial charge in [-0.2, -0.15) is 4.98 Å². The number of likely N-dealkylation sites (N-methyl/N-ethyl adjacent to an activating group) is 2. The molecule has 0 saturated carbocycles. The minimum atomic E-state index is -0.333. The zero-order valence-electron chi connectivity index (χ0n) is 23.6. The van der Waals surface area contributed by atoms with Crippen molar-refractivity contribution < 1.29 is 9.53 Å². The molecule has 5 rings (SSSR count). The molecule has 2 aromatic carbocycles. The van der Waals surface area contributed by atoms with Gasteiger partial charge in [-0.1, -0.05) is 22.5 Å². The van der Waals surface area contributed by atoms with E-state index < -0.39 is 0 Å². The molecule has 0 atom stereocenters. The summed E-state index contributed by atoms with van der Waals surface area (Å²) < 4.78 is 10.1. The lowest BCUT2D eigenvalue weighted by Crippen LogP contribution is -2.29. The Bertz CT molecular complexity index is 1690. The normalized spacial score (nSPS) is 12.4. The number of ether oxygens (including phenoxy) is 1. The maximum atomic E-state index is 13.5. The number of amides is 1. The van der Waals surface area contributed by atoms with Crippen molar-refractivity contribution >= 4 is 55.9 Å². The van der Waals surface area contributed by atoms with Gasteiger partial charge in [-0.15, -0.1) is 0 Å². The first-order chi connectivity index (χ1) is 19.7. The average Bonchev–Trinajstić information content (AvgIpc) is 3.23. The largest absolute Gasteiger partial charge is 0.494 e. The smallest absolute Gasteiger partial charge is 0.334 e. The van der Waals surface area contributed by atoms with Crippen LogP contribution in [0.25, 0.3) is 16.9 Å². The number of carbonyl (C=O) groups is 1. The Kier molecular flexibility index (Phi) is 8.13. The molecule has 0 bridgehead atoms. The molecule has 0 unspecified atom stereocenters. The molecule has 3 heterocycles. The summed E-state index contributed by atoms with van der Waals surface area (Å²) in [6, 6.07) is 9.37. The van der Waals surface area contributed by atoms with Crippen LogP contribution in [0.2, 0.25) is 0 Å². The van der Waals surface area contributed by atoms with E-state index in [2.05, 4.69) is 49.1 Å². The van der Waals surface area contributed by atoms with Crippen molar-refractivity contribution in [3.05, 3.63) is 69.7 Å².